The summed E-state index contributed by atoms with van der Waals surface area (Å²) in [6.07, 6.45) is 1.50. The second-order valence-electron chi connectivity index (χ2n) is 1.67. The number of thiazole rings is 1. The number of nitrogens with two attached hydrogens (primary N) is 1. The van der Waals surface area contributed by atoms with Gasteiger partial charge in [0.1, 0.15) is 5.01 Å². The summed E-state index contributed by atoms with van der Waals surface area (Å²) in [6, 6.07) is -1.08. The van der Waals surface area contributed by atoms with Crippen molar-refractivity contribution in [3.8, 4) is 0 Å². The summed E-state index contributed by atoms with van der Waals surface area (Å²) in [7, 11) is 0. The van der Waals surface area contributed by atoms with Crippen LogP contribution in [0, 0.1) is 0 Å². The molecule has 1 atom stereocenters. The van der Waals surface area contributed by atoms with E-state index in [1.807, 2.05) is 0 Å². The van der Waals surface area contributed by atoms with Crippen molar-refractivity contribution in [3.63, 3.8) is 0 Å². The van der Waals surface area contributed by atoms with Crippen LogP contribution in [-0.2, 0) is 4.79 Å². The van der Waals surface area contributed by atoms with Crippen molar-refractivity contribution in [1.82, 2.24) is 4.98 Å². The van der Waals surface area contributed by atoms with Crippen LogP contribution in [-0.4, -0.2) is 11.0 Å². The number of carbonyl (C=O) groups is 1. The van der Waals surface area contributed by atoms with Gasteiger partial charge in [-0.05, 0) is 0 Å². The number of carboxylic acid groups (broad SMARTS) is 1. The molecule has 0 saturated heterocycles. The summed E-state index contributed by atoms with van der Waals surface area (Å²) in [6.45, 7) is 0. The van der Waals surface area contributed by atoms with Crippen molar-refractivity contribution < 1.29 is 39.5 Å². The third-order valence-electron chi connectivity index (χ3n) is 0.971. The minimum atomic E-state index is -1.30. The van der Waals surface area contributed by atoms with Crippen molar-refractivity contribution in [3.05, 3.63) is 16.6 Å². The van der Waals surface area contributed by atoms with Crippen molar-refractivity contribution in [2.45, 2.75) is 6.04 Å². The molecule has 11 heavy (non-hydrogen) atoms. The molecule has 1 heterocycles. The number of carbonyl (C=O) groups excluding carboxylic acids is 1. The van der Waals surface area contributed by atoms with E-state index in [2.05, 4.69) is 4.98 Å². The topological polar surface area (TPSA) is 79.0 Å². The molecule has 0 aliphatic heterocycles. The first-order valence-electron chi connectivity index (χ1n) is 2.57. The molecule has 1 unspecified atom stereocenters. The van der Waals surface area contributed by atoms with E-state index in [0.29, 0.717) is 5.01 Å². The van der Waals surface area contributed by atoms with Gasteiger partial charge in [-0.2, -0.15) is 0 Å². The maximum Gasteiger partial charge on any atom is 1.00 e. The third kappa shape index (κ3) is 2.88. The molecular weight excluding hydrogens is 175 g/mol. The van der Waals surface area contributed by atoms with Gasteiger partial charge in [-0.3, -0.25) is 0 Å². The van der Waals surface area contributed by atoms with Crippen LogP contribution in [0.1, 0.15) is 11.0 Å². The van der Waals surface area contributed by atoms with Gasteiger partial charge in [0.15, 0.2) is 0 Å². The number of carboxylic acids is 1. The molecule has 0 bridgehead atoms. The second-order valence-corrected chi connectivity index (χ2v) is 2.59. The first-order valence-corrected chi connectivity index (χ1v) is 3.45. The van der Waals surface area contributed by atoms with Crippen LogP contribution in [0.5, 0.6) is 0 Å². The molecule has 0 aliphatic rings. The second kappa shape index (κ2) is 4.84. The number of nitrogens with zero attached hydrogens (tertiary/aromatic N) is 1. The molecule has 1 aromatic rings. The zero-order valence-corrected chi connectivity index (χ0v) is 8.80. The van der Waals surface area contributed by atoms with Crippen LogP contribution < -0.4 is 40.4 Å². The Morgan fingerprint density at radius 1 is 1.82 bits per heavy atom. The van der Waals surface area contributed by atoms with E-state index < -0.39 is 12.0 Å². The molecule has 4 nitrogen and oxygen atoms in total. The molecule has 0 spiro atoms. The molecule has 54 valence electrons. The SMILES string of the molecule is NC(C(=O)[O-])c1nccs1.[Na+]. The third-order valence-corrected chi connectivity index (χ3v) is 1.83. The van der Waals surface area contributed by atoms with Gasteiger partial charge in [-0.15, -0.1) is 11.3 Å². The summed E-state index contributed by atoms with van der Waals surface area (Å²) in [5.74, 6) is -1.30. The van der Waals surface area contributed by atoms with Crippen LogP contribution >= 0.6 is 11.3 Å². The molecule has 0 saturated carbocycles. The van der Waals surface area contributed by atoms with E-state index in [-0.39, 0.29) is 29.6 Å². The van der Waals surface area contributed by atoms with Gasteiger partial charge in [-0.25, -0.2) is 4.98 Å². The Hall–Kier alpha value is 0.0600. The van der Waals surface area contributed by atoms with Crippen molar-refractivity contribution >= 4 is 17.3 Å². The van der Waals surface area contributed by atoms with Crippen molar-refractivity contribution in [2.75, 3.05) is 0 Å². The van der Waals surface area contributed by atoms with Gasteiger partial charge in [0, 0.05) is 11.6 Å². The average Bonchev–Trinajstić information content (AvgIpc) is 2.36. The van der Waals surface area contributed by atoms with Gasteiger partial charge in [0.05, 0.1) is 12.0 Å². The Kier molecular flexibility index (Phi) is 4.87. The van der Waals surface area contributed by atoms with Crippen LogP contribution in [0.2, 0.25) is 0 Å². The summed E-state index contributed by atoms with van der Waals surface area (Å²) < 4.78 is 0. The standard InChI is InChI=1S/C5H6N2O2S.Na/c6-3(5(8)9)4-7-1-2-10-4;/h1-3H,6H2,(H,8,9);/q;+1/p-1. The summed E-state index contributed by atoms with van der Waals surface area (Å²) in [5.41, 5.74) is 5.17. The largest absolute Gasteiger partial charge is 1.00 e. The minimum Gasteiger partial charge on any atom is -0.548 e. The fraction of sp³-hybridized carbons (Fsp3) is 0.200. The smallest absolute Gasteiger partial charge is 0.548 e. The van der Waals surface area contributed by atoms with Crippen LogP contribution in [0.15, 0.2) is 11.6 Å². The van der Waals surface area contributed by atoms with E-state index in [1.165, 1.54) is 17.5 Å². The van der Waals surface area contributed by atoms with Crippen LogP contribution in [0.3, 0.4) is 0 Å². The average molecular weight is 180 g/mol. The molecule has 2 N–H and O–H groups in total. The number of hydrogen-bond acceptors (Lipinski definition) is 5. The Labute approximate surface area is 89.7 Å². The quantitative estimate of drug-likeness (QED) is 0.469. The normalized spacial score (nSPS) is 11.7. The predicted molar refractivity (Wildman–Crippen MR) is 34.0 cm³/mol. The molecular formula is C5H5N2NaO2S. The van der Waals surface area contributed by atoms with E-state index >= 15 is 0 Å². The molecule has 6 heteroatoms. The van der Waals surface area contributed by atoms with E-state index in [0.717, 1.165) is 0 Å². The van der Waals surface area contributed by atoms with Crippen LogP contribution in [0.25, 0.3) is 0 Å². The molecule has 1 rings (SSSR count). The summed E-state index contributed by atoms with van der Waals surface area (Å²) in [4.78, 5) is 13.8. The van der Waals surface area contributed by atoms with E-state index in [1.54, 1.807) is 5.38 Å². The zero-order valence-electron chi connectivity index (χ0n) is 5.98. The zero-order chi connectivity index (χ0) is 7.56. The van der Waals surface area contributed by atoms with Gasteiger partial charge in [0.25, 0.3) is 0 Å². The molecule has 0 amide bonds. The molecule has 0 aromatic carbocycles. The maximum absolute atomic E-state index is 10.1. The number of aliphatic carboxylic acids is 1. The van der Waals surface area contributed by atoms with Gasteiger partial charge >= 0.3 is 29.6 Å². The first-order chi connectivity index (χ1) is 4.72. The Morgan fingerprint density at radius 3 is 2.82 bits per heavy atom. The summed E-state index contributed by atoms with van der Waals surface area (Å²) in [5, 5.41) is 12.2. The summed E-state index contributed by atoms with van der Waals surface area (Å²) >= 11 is 1.20. The number of rotatable bonds is 2. The van der Waals surface area contributed by atoms with E-state index in [4.69, 9.17) is 5.73 Å². The minimum absolute atomic E-state index is 0. The predicted octanol–water partition coefficient (Wildman–Crippen LogP) is -4.10. The molecule has 0 radical (unpaired) electrons. The Bertz CT molecular complexity index is 226. The molecule has 1 aromatic heterocycles. The van der Waals surface area contributed by atoms with E-state index in [9.17, 15) is 9.90 Å². The monoisotopic (exact) mass is 180 g/mol. The Morgan fingerprint density at radius 2 is 2.45 bits per heavy atom. The number of hydrogen-bond donors (Lipinski definition) is 1. The van der Waals surface area contributed by atoms with Gasteiger partial charge in [-0.1, -0.05) is 0 Å². The van der Waals surface area contributed by atoms with Crippen molar-refractivity contribution in [2.24, 2.45) is 5.73 Å². The fourth-order valence-electron chi connectivity index (χ4n) is 0.489. The maximum atomic E-state index is 10.1. The molecule has 0 aliphatic carbocycles. The fourth-order valence-corrected chi connectivity index (χ4v) is 1.11. The van der Waals surface area contributed by atoms with Gasteiger partial charge in [0.2, 0.25) is 0 Å². The first kappa shape index (κ1) is 11.1. The van der Waals surface area contributed by atoms with Gasteiger partial charge < -0.3 is 15.6 Å². The van der Waals surface area contributed by atoms with Crippen molar-refractivity contribution in [1.29, 1.82) is 0 Å². The Balaban J connectivity index is 0.000001000. The number of aromatic nitrogens is 1. The van der Waals surface area contributed by atoms with Crippen LogP contribution in [0.4, 0.5) is 0 Å². The molecule has 0 fully saturated rings.